The molecular formula is C13H17IO2. The Hall–Kier alpha value is -0.580. The van der Waals surface area contributed by atoms with Gasteiger partial charge in [-0.05, 0) is 48.8 Å². The lowest BCUT2D eigenvalue weighted by Gasteiger charge is -2.08. The van der Waals surface area contributed by atoms with Crippen molar-refractivity contribution in [1.29, 1.82) is 0 Å². The van der Waals surface area contributed by atoms with Gasteiger partial charge in [0.25, 0.3) is 0 Å². The van der Waals surface area contributed by atoms with E-state index in [4.69, 9.17) is 4.74 Å². The maximum absolute atomic E-state index is 11.6. The minimum atomic E-state index is -0.240. The topological polar surface area (TPSA) is 26.3 Å². The van der Waals surface area contributed by atoms with Crippen molar-refractivity contribution >= 4 is 28.6 Å². The van der Waals surface area contributed by atoms with Crippen LogP contribution in [0.4, 0.5) is 0 Å². The van der Waals surface area contributed by atoms with Crippen molar-refractivity contribution in [2.24, 2.45) is 0 Å². The van der Waals surface area contributed by atoms with E-state index in [9.17, 15) is 4.79 Å². The minimum absolute atomic E-state index is 0.0637. The first-order chi connectivity index (χ1) is 7.63. The molecule has 3 heteroatoms. The zero-order valence-electron chi connectivity index (χ0n) is 9.70. The fourth-order valence-electron chi connectivity index (χ4n) is 1.36. The van der Waals surface area contributed by atoms with E-state index in [2.05, 4.69) is 22.6 Å². The molecule has 0 saturated heterocycles. The molecule has 0 spiro atoms. The molecule has 2 nitrogen and oxygen atoms in total. The van der Waals surface area contributed by atoms with Gasteiger partial charge in [-0.15, -0.1) is 0 Å². The van der Waals surface area contributed by atoms with Crippen LogP contribution in [-0.4, -0.2) is 16.5 Å². The molecule has 0 aromatic heterocycles. The number of carbonyl (C=O) groups excluding carboxylic acids is 1. The molecule has 0 atom stereocenters. The predicted molar refractivity (Wildman–Crippen MR) is 74.2 cm³/mol. The van der Waals surface area contributed by atoms with Gasteiger partial charge in [0.2, 0.25) is 0 Å². The Labute approximate surface area is 111 Å². The van der Waals surface area contributed by atoms with Gasteiger partial charge in [0.15, 0.2) is 0 Å². The van der Waals surface area contributed by atoms with Crippen molar-refractivity contribution in [3.05, 3.63) is 35.4 Å². The fourth-order valence-corrected chi connectivity index (χ4v) is 1.74. The summed E-state index contributed by atoms with van der Waals surface area (Å²) in [4.78, 5) is 11.6. The van der Waals surface area contributed by atoms with Crippen molar-refractivity contribution in [2.75, 3.05) is 4.43 Å². The monoisotopic (exact) mass is 332 g/mol. The van der Waals surface area contributed by atoms with Gasteiger partial charge in [-0.25, -0.2) is 4.79 Å². The highest BCUT2D eigenvalue weighted by atomic mass is 127. The Morgan fingerprint density at radius 1 is 1.31 bits per heavy atom. The number of halogens is 1. The van der Waals surface area contributed by atoms with Gasteiger partial charge in [-0.1, -0.05) is 34.7 Å². The molecule has 0 aliphatic carbocycles. The number of rotatable bonds is 5. The summed E-state index contributed by atoms with van der Waals surface area (Å²) >= 11 is 2.37. The molecule has 1 aromatic carbocycles. The summed E-state index contributed by atoms with van der Waals surface area (Å²) in [6, 6.07) is 7.69. The summed E-state index contributed by atoms with van der Waals surface area (Å²) in [5.41, 5.74) is 1.91. The lowest BCUT2D eigenvalue weighted by molar-refractivity contribution is 0.0378. The van der Waals surface area contributed by atoms with E-state index in [1.54, 1.807) is 0 Å². The molecule has 0 aliphatic heterocycles. The molecule has 0 aliphatic rings. The molecule has 0 amide bonds. The van der Waals surface area contributed by atoms with Crippen LogP contribution in [0.1, 0.15) is 36.2 Å². The number of alkyl halides is 1. The molecular weight excluding hydrogens is 315 g/mol. The smallest absolute Gasteiger partial charge is 0.338 e. The molecule has 0 radical (unpaired) electrons. The van der Waals surface area contributed by atoms with E-state index < -0.39 is 0 Å². The number of benzene rings is 1. The molecule has 0 fully saturated rings. The first-order valence-corrected chi connectivity index (χ1v) is 7.02. The first-order valence-electron chi connectivity index (χ1n) is 5.49. The molecule has 0 unspecified atom stereocenters. The van der Waals surface area contributed by atoms with Crippen LogP contribution >= 0.6 is 22.6 Å². The normalized spacial score (nSPS) is 10.5. The number of hydrogen-bond acceptors (Lipinski definition) is 2. The van der Waals surface area contributed by atoms with Crippen molar-refractivity contribution in [3.8, 4) is 0 Å². The van der Waals surface area contributed by atoms with Crippen LogP contribution in [0.3, 0.4) is 0 Å². The highest BCUT2D eigenvalue weighted by Crippen LogP contribution is 2.09. The minimum Gasteiger partial charge on any atom is -0.459 e. The fraction of sp³-hybridized carbons (Fsp3) is 0.462. The van der Waals surface area contributed by atoms with Crippen LogP contribution in [0.2, 0.25) is 0 Å². The molecule has 0 heterocycles. The third kappa shape index (κ3) is 4.51. The second-order valence-electron chi connectivity index (χ2n) is 3.94. The molecule has 0 saturated carbocycles. The van der Waals surface area contributed by atoms with Crippen LogP contribution < -0.4 is 0 Å². The zero-order valence-corrected chi connectivity index (χ0v) is 11.9. The number of aryl methyl sites for hydroxylation is 1. The quantitative estimate of drug-likeness (QED) is 0.468. The van der Waals surface area contributed by atoms with E-state index in [-0.39, 0.29) is 12.1 Å². The molecule has 88 valence electrons. The molecule has 0 N–H and O–H groups in total. The Balaban J connectivity index is 2.60. The average molecular weight is 332 g/mol. The predicted octanol–water partition coefficient (Wildman–Crippen LogP) is 3.62. The SMILES string of the molecule is CC(C)OC(=O)c1ccc(CCCI)cc1. The number of carbonyl (C=O) groups is 1. The Kier molecular flexibility index (Phi) is 5.80. The molecule has 16 heavy (non-hydrogen) atoms. The second-order valence-corrected chi connectivity index (χ2v) is 5.02. The van der Waals surface area contributed by atoms with Crippen molar-refractivity contribution in [2.45, 2.75) is 32.8 Å². The number of hydrogen-bond donors (Lipinski definition) is 0. The summed E-state index contributed by atoms with van der Waals surface area (Å²) in [5, 5.41) is 0. The Morgan fingerprint density at radius 2 is 1.94 bits per heavy atom. The van der Waals surface area contributed by atoms with Gasteiger partial charge in [0.1, 0.15) is 0 Å². The molecule has 1 rings (SSSR count). The average Bonchev–Trinajstić information content (AvgIpc) is 2.26. The number of ether oxygens (including phenoxy) is 1. The maximum atomic E-state index is 11.6. The van der Waals surface area contributed by atoms with Crippen LogP contribution in [0.25, 0.3) is 0 Å². The third-order valence-electron chi connectivity index (χ3n) is 2.13. The summed E-state index contributed by atoms with van der Waals surface area (Å²) in [6.07, 6.45) is 2.19. The van der Waals surface area contributed by atoms with E-state index in [0.29, 0.717) is 5.56 Å². The van der Waals surface area contributed by atoms with Crippen LogP contribution in [0.15, 0.2) is 24.3 Å². The first kappa shape index (κ1) is 13.5. The van der Waals surface area contributed by atoms with Crippen molar-refractivity contribution < 1.29 is 9.53 Å². The zero-order chi connectivity index (χ0) is 12.0. The van der Waals surface area contributed by atoms with Gasteiger partial charge < -0.3 is 4.74 Å². The largest absolute Gasteiger partial charge is 0.459 e. The van der Waals surface area contributed by atoms with Gasteiger partial charge in [0.05, 0.1) is 11.7 Å². The third-order valence-corrected chi connectivity index (χ3v) is 2.89. The number of esters is 1. The summed E-state index contributed by atoms with van der Waals surface area (Å²) in [7, 11) is 0. The van der Waals surface area contributed by atoms with Crippen LogP contribution in [-0.2, 0) is 11.2 Å². The van der Waals surface area contributed by atoms with Crippen molar-refractivity contribution in [3.63, 3.8) is 0 Å². The van der Waals surface area contributed by atoms with Gasteiger partial charge >= 0.3 is 5.97 Å². The highest BCUT2D eigenvalue weighted by molar-refractivity contribution is 14.1. The van der Waals surface area contributed by atoms with Gasteiger partial charge in [-0.3, -0.25) is 0 Å². The van der Waals surface area contributed by atoms with Crippen molar-refractivity contribution in [1.82, 2.24) is 0 Å². The van der Waals surface area contributed by atoms with Gasteiger partial charge in [-0.2, -0.15) is 0 Å². The van der Waals surface area contributed by atoms with E-state index in [1.807, 2.05) is 38.1 Å². The summed E-state index contributed by atoms with van der Waals surface area (Å²) in [6.45, 7) is 3.71. The van der Waals surface area contributed by atoms with Crippen LogP contribution in [0, 0.1) is 0 Å². The molecule has 1 aromatic rings. The van der Waals surface area contributed by atoms with E-state index in [0.717, 1.165) is 10.8 Å². The van der Waals surface area contributed by atoms with E-state index >= 15 is 0 Å². The Bertz CT molecular complexity index is 330. The highest BCUT2D eigenvalue weighted by Gasteiger charge is 2.08. The maximum Gasteiger partial charge on any atom is 0.338 e. The molecule has 0 bridgehead atoms. The Morgan fingerprint density at radius 3 is 2.44 bits per heavy atom. The van der Waals surface area contributed by atoms with Gasteiger partial charge in [0, 0.05) is 0 Å². The lowest BCUT2D eigenvalue weighted by atomic mass is 10.1. The van der Waals surface area contributed by atoms with E-state index in [1.165, 1.54) is 12.0 Å². The second kappa shape index (κ2) is 6.89. The van der Waals surface area contributed by atoms with Crippen LogP contribution in [0.5, 0.6) is 0 Å². The standard InChI is InChI=1S/C13H17IO2/c1-10(2)16-13(15)12-7-5-11(6-8-12)4-3-9-14/h5-8,10H,3-4,9H2,1-2H3. The summed E-state index contributed by atoms with van der Waals surface area (Å²) < 4.78 is 6.28. The lowest BCUT2D eigenvalue weighted by Crippen LogP contribution is -2.11. The summed E-state index contributed by atoms with van der Waals surface area (Å²) in [5.74, 6) is -0.240.